The van der Waals surface area contributed by atoms with Crippen LogP contribution in [-0.4, -0.2) is 15.9 Å². The second kappa shape index (κ2) is 4.47. The van der Waals surface area contributed by atoms with Crippen molar-refractivity contribution in [3.63, 3.8) is 0 Å². The van der Waals surface area contributed by atoms with Crippen molar-refractivity contribution in [1.82, 2.24) is 4.98 Å². The molecule has 114 valence electrons. The highest BCUT2D eigenvalue weighted by Crippen LogP contribution is 2.47. The zero-order chi connectivity index (χ0) is 16.5. The summed E-state index contributed by atoms with van der Waals surface area (Å²) >= 11 is 4.62. The highest BCUT2D eigenvalue weighted by molar-refractivity contribution is 9.10. The van der Waals surface area contributed by atoms with Crippen LogP contribution in [-0.2, 0) is 5.41 Å². The lowest BCUT2D eigenvalue weighted by atomic mass is 9.71. The number of carbonyl (C=O) groups is 1. The van der Waals surface area contributed by atoms with Gasteiger partial charge in [0.2, 0.25) is 0 Å². The minimum absolute atomic E-state index is 0.0763. The number of H-pyrrole nitrogens is 1. The van der Waals surface area contributed by atoms with Gasteiger partial charge in [0.25, 0.3) is 0 Å². The molecule has 2 heterocycles. The molecule has 4 rings (SSSR count). The molecule has 0 spiro atoms. The predicted octanol–water partition coefficient (Wildman–Crippen LogP) is 4.44. The maximum atomic E-state index is 13.0. The molecule has 23 heavy (non-hydrogen) atoms. The third-order valence-electron chi connectivity index (χ3n) is 4.44. The molecule has 2 N–H and O–H groups in total. The molecular formula is C17H11BrN2O2S. The summed E-state index contributed by atoms with van der Waals surface area (Å²) in [6.07, 6.45) is 0. The highest BCUT2D eigenvalue weighted by Gasteiger charge is 2.40. The highest BCUT2D eigenvalue weighted by atomic mass is 79.9. The number of nitrogens with one attached hydrogen (secondary N) is 1. The van der Waals surface area contributed by atoms with Crippen LogP contribution >= 0.6 is 27.3 Å². The maximum absolute atomic E-state index is 13.0. The second-order valence-corrected chi connectivity index (χ2v) is 8.05. The smallest absolute Gasteiger partial charge is 0.196 e. The van der Waals surface area contributed by atoms with E-state index >= 15 is 0 Å². The number of nitrogens with zero attached hydrogens (tertiary/aromatic N) is 1. The van der Waals surface area contributed by atoms with Crippen LogP contribution in [0.2, 0.25) is 0 Å². The number of ketones is 1. The Kier molecular flexibility index (Phi) is 2.81. The lowest BCUT2D eigenvalue weighted by molar-refractivity contribution is 0.103. The van der Waals surface area contributed by atoms with Gasteiger partial charge in [-0.05, 0) is 39.7 Å². The summed E-state index contributed by atoms with van der Waals surface area (Å²) in [7, 11) is 0. The number of hydrogen-bond donors (Lipinski definition) is 2. The van der Waals surface area contributed by atoms with E-state index in [1.54, 1.807) is 18.2 Å². The Morgan fingerprint density at radius 3 is 2.78 bits per heavy atom. The first-order chi connectivity index (χ1) is 10.8. The molecule has 1 aromatic carbocycles. The number of aromatic hydroxyl groups is 1. The van der Waals surface area contributed by atoms with Crippen molar-refractivity contribution in [3.05, 3.63) is 49.9 Å². The monoisotopic (exact) mass is 386 g/mol. The van der Waals surface area contributed by atoms with Crippen LogP contribution in [0.5, 0.6) is 5.75 Å². The number of aromatic amines is 1. The molecule has 2 aromatic heterocycles. The third-order valence-corrected chi connectivity index (χ3v) is 6.13. The molecule has 0 saturated heterocycles. The molecule has 0 saturated carbocycles. The first-order valence-corrected chi connectivity index (χ1v) is 8.59. The van der Waals surface area contributed by atoms with Crippen molar-refractivity contribution in [2.75, 3.05) is 0 Å². The van der Waals surface area contributed by atoms with Crippen molar-refractivity contribution in [1.29, 1.82) is 5.26 Å². The number of benzene rings is 1. The van der Waals surface area contributed by atoms with E-state index < -0.39 is 5.41 Å². The summed E-state index contributed by atoms with van der Waals surface area (Å²) in [6.45, 7) is 4.05. The average molecular weight is 387 g/mol. The minimum Gasteiger partial charge on any atom is -0.507 e. The quantitative estimate of drug-likeness (QED) is 0.599. The van der Waals surface area contributed by atoms with Crippen molar-refractivity contribution >= 4 is 43.3 Å². The van der Waals surface area contributed by atoms with Crippen molar-refractivity contribution in [2.45, 2.75) is 19.3 Å². The number of thiophene rings is 1. The van der Waals surface area contributed by atoms with E-state index in [-0.39, 0.29) is 11.5 Å². The molecule has 4 nitrogen and oxygen atoms in total. The fourth-order valence-corrected chi connectivity index (χ4v) is 4.56. The Morgan fingerprint density at radius 2 is 2.09 bits per heavy atom. The minimum atomic E-state index is -0.442. The number of hydrogen-bond acceptors (Lipinski definition) is 4. The molecule has 0 amide bonds. The largest absolute Gasteiger partial charge is 0.507 e. The number of carbonyl (C=O) groups excluding carboxylic acids is 1. The molecule has 0 unspecified atom stereocenters. The molecule has 0 atom stereocenters. The summed E-state index contributed by atoms with van der Waals surface area (Å²) in [5.41, 5.74) is 3.23. The van der Waals surface area contributed by atoms with E-state index in [0.717, 1.165) is 21.5 Å². The Morgan fingerprint density at radius 1 is 1.35 bits per heavy atom. The van der Waals surface area contributed by atoms with Gasteiger partial charge < -0.3 is 10.1 Å². The van der Waals surface area contributed by atoms with Crippen LogP contribution in [0.15, 0.2) is 22.7 Å². The standard InChI is InChI=1S/C17H11BrN2O2S/c1-17(2)9-5-12(21)10(18)4-8(9)14(22)13-15-11(20-16(13)17)3-7(6-19)23-15/h3-5,20-21H,1-2H3. The zero-order valence-electron chi connectivity index (χ0n) is 12.3. The predicted molar refractivity (Wildman–Crippen MR) is 92.3 cm³/mol. The summed E-state index contributed by atoms with van der Waals surface area (Å²) in [5.74, 6) is 0.0424. The van der Waals surface area contributed by atoms with E-state index in [1.807, 2.05) is 13.8 Å². The average Bonchev–Trinajstić information content (AvgIpc) is 3.05. The van der Waals surface area contributed by atoms with Crippen molar-refractivity contribution < 1.29 is 9.90 Å². The Labute approximate surface area is 144 Å². The van der Waals surface area contributed by atoms with Crippen LogP contribution in [0.3, 0.4) is 0 Å². The van der Waals surface area contributed by atoms with Crippen molar-refractivity contribution in [2.24, 2.45) is 0 Å². The van der Waals surface area contributed by atoms with E-state index in [0.29, 0.717) is 20.5 Å². The number of halogens is 1. The van der Waals surface area contributed by atoms with Gasteiger partial charge in [-0.25, -0.2) is 0 Å². The topological polar surface area (TPSA) is 76.9 Å². The molecule has 1 aliphatic rings. The second-order valence-electron chi connectivity index (χ2n) is 6.14. The number of nitriles is 1. The van der Waals surface area contributed by atoms with Crippen LogP contribution in [0.25, 0.3) is 10.2 Å². The van der Waals surface area contributed by atoms with Gasteiger partial charge in [-0.1, -0.05) is 13.8 Å². The van der Waals surface area contributed by atoms with E-state index in [9.17, 15) is 9.90 Å². The third kappa shape index (κ3) is 1.78. The fourth-order valence-electron chi connectivity index (χ4n) is 3.26. The van der Waals surface area contributed by atoms with Gasteiger partial charge in [0.15, 0.2) is 5.78 Å². The van der Waals surface area contributed by atoms with Gasteiger partial charge in [0.1, 0.15) is 16.7 Å². The van der Waals surface area contributed by atoms with E-state index in [2.05, 4.69) is 27.0 Å². The van der Waals surface area contributed by atoms with Crippen LogP contribution in [0.4, 0.5) is 0 Å². The summed E-state index contributed by atoms with van der Waals surface area (Å²) < 4.78 is 1.32. The van der Waals surface area contributed by atoms with E-state index in [4.69, 9.17) is 5.26 Å². The van der Waals surface area contributed by atoms with Crippen LogP contribution < -0.4 is 0 Å². The van der Waals surface area contributed by atoms with Gasteiger partial charge in [0, 0.05) is 16.7 Å². The lowest BCUT2D eigenvalue weighted by Crippen LogP contribution is -2.30. The fraction of sp³-hybridized carbons (Fsp3) is 0.176. The SMILES string of the molecule is CC1(C)c2cc(O)c(Br)cc2C(=O)c2c1[nH]c1cc(C#N)sc21. The van der Waals surface area contributed by atoms with Gasteiger partial charge in [0.05, 0.1) is 20.3 Å². The van der Waals surface area contributed by atoms with Gasteiger partial charge in [-0.2, -0.15) is 5.26 Å². The van der Waals surface area contributed by atoms with Crippen LogP contribution in [0.1, 0.15) is 45.9 Å². The molecule has 6 heteroatoms. The molecule has 0 bridgehead atoms. The normalized spacial score (nSPS) is 15.3. The molecule has 0 aliphatic heterocycles. The Balaban J connectivity index is 2.09. The zero-order valence-corrected chi connectivity index (χ0v) is 14.7. The number of phenols is 1. The Hall–Kier alpha value is -2.10. The van der Waals surface area contributed by atoms with Crippen molar-refractivity contribution in [3.8, 4) is 11.8 Å². The molecule has 3 aromatic rings. The number of fused-ring (bicyclic) bond motifs is 4. The molecular weight excluding hydrogens is 376 g/mol. The molecule has 0 fully saturated rings. The first-order valence-electron chi connectivity index (χ1n) is 6.98. The summed E-state index contributed by atoms with van der Waals surface area (Å²) in [6, 6.07) is 7.23. The Bertz CT molecular complexity index is 1050. The van der Waals surface area contributed by atoms with Gasteiger partial charge in [-0.15, -0.1) is 11.3 Å². The number of aromatic nitrogens is 1. The number of phenolic OH excluding ortho intramolecular Hbond substituents is 1. The summed E-state index contributed by atoms with van der Waals surface area (Å²) in [5, 5.41) is 19.1. The molecule has 1 aliphatic carbocycles. The molecule has 0 radical (unpaired) electrons. The maximum Gasteiger partial charge on any atom is 0.196 e. The summed E-state index contributed by atoms with van der Waals surface area (Å²) in [4.78, 5) is 16.9. The van der Waals surface area contributed by atoms with Gasteiger partial charge in [-0.3, -0.25) is 4.79 Å². The first kappa shape index (κ1) is 14.5. The lowest BCUT2D eigenvalue weighted by Gasteiger charge is -2.32. The van der Waals surface area contributed by atoms with Crippen LogP contribution in [0, 0.1) is 11.3 Å². The van der Waals surface area contributed by atoms with E-state index in [1.165, 1.54) is 11.3 Å². The van der Waals surface area contributed by atoms with Gasteiger partial charge >= 0.3 is 0 Å². The number of rotatable bonds is 0.